The van der Waals surface area contributed by atoms with E-state index in [1.165, 1.54) is 11.3 Å². The van der Waals surface area contributed by atoms with Crippen molar-refractivity contribution in [2.75, 3.05) is 19.0 Å². The van der Waals surface area contributed by atoms with E-state index in [2.05, 4.69) is 9.97 Å². The van der Waals surface area contributed by atoms with Crippen LogP contribution < -0.4 is 4.90 Å². The topological polar surface area (TPSA) is 49.3 Å². The van der Waals surface area contributed by atoms with E-state index >= 15 is 0 Å². The molecule has 0 aliphatic carbocycles. The highest BCUT2D eigenvalue weighted by atomic mass is 32.1. The Kier molecular flexibility index (Phi) is 4.51. The molecule has 0 radical (unpaired) electrons. The fourth-order valence-corrected chi connectivity index (χ4v) is 2.92. The quantitative estimate of drug-likeness (QED) is 0.846. The minimum Gasteiger partial charge on any atom is -0.323 e. The fourth-order valence-electron chi connectivity index (χ4n) is 1.91. The third-order valence-corrected chi connectivity index (χ3v) is 4.85. The Hall–Kier alpha value is -1.95. The van der Waals surface area contributed by atoms with Crippen LogP contribution in [0.3, 0.4) is 0 Å². The van der Waals surface area contributed by atoms with E-state index in [9.17, 15) is 4.79 Å². The smallest absolute Gasteiger partial charge is 0.323 e. The highest BCUT2D eigenvalue weighted by molar-refractivity contribution is 7.19. The molecule has 0 unspecified atom stereocenters. The van der Waals surface area contributed by atoms with Crippen LogP contribution in [0.15, 0.2) is 24.5 Å². The molecular formula is C16H22N4OS. The van der Waals surface area contributed by atoms with Crippen molar-refractivity contribution in [3.05, 3.63) is 30.2 Å². The Labute approximate surface area is 135 Å². The van der Waals surface area contributed by atoms with Gasteiger partial charge in [-0.25, -0.2) is 9.78 Å². The lowest BCUT2D eigenvalue weighted by Crippen LogP contribution is -2.48. The highest BCUT2D eigenvalue weighted by Crippen LogP contribution is 2.34. The number of rotatable bonds is 2. The van der Waals surface area contributed by atoms with E-state index in [-0.39, 0.29) is 11.6 Å². The molecule has 6 heteroatoms. The molecular weight excluding hydrogens is 296 g/mol. The maximum Gasteiger partial charge on any atom is 0.325 e. The average molecular weight is 318 g/mol. The molecule has 5 nitrogen and oxygen atoms in total. The molecule has 2 rings (SSSR count). The van der Waals surface area contributed by atoms with Crippen LogP contribution in [0.1, 0.15) is 26.5 Å². The lowest BCUT2D eigenvalue weighted by molar-refractivity contribution is 0.173. The second kappa shape index (κ2) is 6.04. The molecule has 2 amide bonds. The van der Waals surface area contributed by atoms with Gasteiger partial charge in [-0.3, -0.25) is 9.88 Å². The summed E-state index contributed by atoms with van der Waals surface area (Å²) in [7, 11) is 3.61. The Morgan fingerprint density at radius 2 is 1.95 bits per heavy atom. The zero-order chi connectivity index (χ0) is 16.5. The monoisotopic (exact) mass is 318 g/mol. The molecule has 2 aromatic heterocycles. The molecule has 0 aromatic carbocycles. The van der Waals surface area contributed by atoms with E-state index in [0.717, 1.165) is 21.3 Å². The van der Waals surface area contributed by atoms with Crippen LogP contribution in [0.25, 0.3) is 10.6 Å². The number of hydrogen-bond acceptors (Lipinski definition) is 4. The van der Waals surface area contributed by atoms with Crippen molar-refractivity contribution in [2.24, 2.45) is 0 Å². The normalized spacial score (nSPS) is 11.4. The number of thiazole rings is 1. The number of anilines is 1. The number of amides is 2. The van der Waals surface area contributed by atoms with Crippen LogP contribution in [-0.4, -0.2) is 40.5 Å². The van der Waals surface area contributed by atoms with Crippen LogP contribution in [-0.2, 0) is 0 Å². The fraction of sp³-hybridized carbons (Fsp3) is 0.438. The minimum atomic E-state index is -0.226. The maximum atomic E-state index is 12.6. The predicted octanol–water partition coefficient (Wildman–Crippen LogP) is 3.80. The summed E-state index contributed by atoms with van der Waals surface area (Å²) in [6.07, 6.45) is 3.52. The molecule has 0 bridgehead atoms. The van der Waals surface area contributed by atoms with E-state index in [1.807, 2.05) is 46.9 Å². The van der Waals surface area contributed by atoms with Gasteiger partial charge in [0.05, 0.1) is 5.69 Å². The molecule has 0 aliphatic rings. The molecule has 2 heterocycles. The molecule has 118 valence electrons. The van der Waals surface area contributed by atoms with Gasteiger partial charge in [0.2, 0.25) is 0 Å². The van der Waals surface area contributed by atoms with Gasteiger partial charge in [0.25, 0.3) is 0 Å². The summed E-state index contributed by atoms with van der Waals surface area (Å²) in [5.41, 5.74) is 1.59. The third kappa shape index (κ3) is 3.27. The van der Waals surface area contributed by atoms with Crippen LogP contribution in [0.4, 0.5) is 9.80 Å². The molecule has 0 aliphatic heterocycles. The summed E-state index contributed by atoms with van der Waals surface area (Å²) < 4.78 is 0. The minimum absolute atomic E-state index is 0.0445. The van der Waals surface area contributed by atoms with E-state index in [4.69, 9.17) is 0 Å². The first-order chi connectivity index (χ1) is 10.2. The summed E-state index contributed by atoms with van der Waals surface area (Å²) in [5.74, 6) is 0. The zero-order valence-electron chi connectivity index (χ0n) is 13.9. The van der Waals surface area contributed by atoms with Crippen molar-refractivity contribution in [2.45, 2.75) is 33.2 Å². The van der Waals surface area contributed by atoms with Crippen LogP contribution in [0, 0.1) is 6.92 Å². The SMILES string of the molecule is Cc1nc(-c2cccnc2)sc1N(C)C(=O)N(C)C(C)(C)C. The van der Waals surface area contributed by atoms with Crippen LogP contribution in [0.2, 0.25) is 0 Å². The second-order valence-corrected chi connectivity index (χ2v) is 7.20. The first-order valence-electron chi connectivity index (χ1n) is 7.11. The van der Waals surface area contributed by atoms with Crippen LogP contribution >= 0.6 is 11.3 Å². The summed E-state index contributed by atoms with van der Waals surface area (Å²) in [5, 5.41) is 1.73. The summed E-state index contributed by atoms with van der Waals surface area (Å²) in [6, 6.07) is 3.81. The number of carbonyl (C=O) groups excluding carboxylic acids is 1. The number of nitrogens with zero attached hydrogens (tertiary/aromatic N) is 4. The van der Waals surface area contributed by atoms with Crippen molar-refractivity contribution in [1.82, 2.24) is 14.9 Å². The Morgan fingerprint density at radius 1 is 1.27 bits per heavy atom. The number of pyridine rings is 1. The predicted molar refractivity (Wildman–Crippen MR) is 91.4 cm³/mol. The van der Waals surface area contributed by atoms with Crippen molar-refractivity contribution >= 4 is 22.4 Å². The standard InChI is InChI=1S/C16H22N4OS/c1-11-14(19(5)15(21)20(6)16(2,3)4)22-13(18-11)12-8-7-9-17-10-12/h7-10H,1-6H3. The molecule has 0 fully saturated rings. The van der Waals surface area contributed by atoms with Crippen molar-refractivity contribution in [1.29, 1.82) is 0 Å². The van der Waals surface area contributed by atoms with Gasteiger partial charge in [0.15, 0.2) is 0 Å². The average Bonchev–Trinajstić information content (AvgIpc) is 2.87. The van der Waals surface area contributed by atoms with Gasteiger partial charge in [0.1, 0.15) is 10.0 Å². The number of aryl methyl sites for hydroxylation is 1. The van der Waals surface area contributed by atoms with Crippen molar-refractivity contribution in [3.8, 4) is 10.6 Å². The second-order valence-electron chi connectivity index (χ2n) is 6.22. The van der Waals surface area contributed by atoms with Gasteiger partial charge in [0, 0.05) is 37.6 Å². The number of hydrogen-bond donors (Lipinski definition) is 0. The number of aromatic nitrogens is 2. The molecule has 22 heavy (non-hydrogen) atoms. The summed E-state index contributed by atoms with van der Waals surface area (Å²) >= 11 is 1.50. The number of urea groups is 1. The Balaban J connectivity index is 2.30. The zero-order valence-corrected chi connectivity index (χ0v) is 14.7. The van der Waals surface area contributed by atoms with Gasteiger partial charge in [-0.2, -0.15) is 0 Å². The van der Waals surface area contributed by atoms with Crippen molar-refractivity contribution < 1.29 is 4.79 Å². The molecule has 0 saturated carbocycles. The van der Waals surface area contributed by atoms with Crippen LogP contribution in [0.5, 0.6) is 0 Å². The Bertz CT molecular complexity index is 661. The molecule has 2 aromatic rings. The lowest BCUT2D eigenvalue weighted by Gasteiger charge is -2.34. The van der Waals surface area contributed by atoms with Gasteiger partial charge in [-0.15, -0.1) is 0 Å². The summed E-state index contributed by atoms with van der Waals surface area (Å²) in [6.45, 7) is 7.96. The van der Waals surface area contributed by atoms with Crippen molar-refractivity contribution in [3.63, 3.8) is 0 Å². The molecule has 0 saturated heterocycles. The van der Waals surface area contributed by atoms with Gasteiger partial charge >= 0.3 is 6.03 Å². The maximum absolute atomic E-state index is 12.6. The first kappa shape index (κ1) is 16.4. The lowest BCUT2D eigenvalue weighted by atomic mass is 10.1. The molecule has 0 atom stereocenters. The van der Waals surface area contributed by atoms with Gasteiger partial charge in [-0.05, 0) is 39.8 Å². The van der Waals surface area contributed by atoms with E-state index in [0.29, 0.717) is 0 Å². The van der Waals surface area contributed by atoms with Gasteiger partial charge < -0.3 is 4.90 Å². The first-order valence-corrected chi connectivity index (χ1v) is 7.93. The highest BCUT2D eigenvalue weighted by Gasteiger charge is 2.27. The summed E-state index contributed by atoms with van der Waals surface area (Å²) in [4.78, 5) is 24.7. The molecule has 0 spiro atoms. The van der Waals surface area contributed by atoms with E-state index in [1.54, 1.807) is 29.2 Å². The Morgan fingerprint density at radius 3 is 2.50 bits per heavy atom. The van der Waals surface area contributed by atoms with E-state index < -0.39 is 0 Å². The largest absolute Gasteiger partial charge is 0.325 e. The van der Waals surface area contributed by atoms with Gasteiger partial charge in [-0.1, -0.05) is 11.3 Å². The number of carbonyl (C=O) groups is 1. The molecule has 0 N–H and O–H groups in total. The third-order valence-electron chi connectivity index (χ3n) is 3.57.